The van der Waals surface area contributed by atoms with Crippen LogP contribution in [0.2, 0.25) is 5.02 Å². The summed E-state index contributed by atoms with van der Waals surface area (Å²) in [5, 5.41) is 6.66. The number of nitrogens with one attached hydrogen (secondary N) is 2. The Morgan fingerprint density at radius 1 is 1.42 bits per heavy atom. The van der Waals surface area contributed by atoms with E-state index in [1.54, 1.807) is 6.07 Å². The molecule has 0 bridgehead atoms. The number of likely N-dealkylation sites (N-methyl/N-ethyl adjacent to an activating group) is 1. The molecule has 1 amide bonds. The van der Waals surface area contributed by atoms with Crippen LogP contribution in [0.1, 0.15) is 12.5 Å². The number of nitrogens with zero attached hydrogens (tertiary/aromatic N) is 1. The fourth-order valence-corrected chi connectivity index (χ4v) is 1.97. The summed E-state index contributed by atoms with van der Waals surface area (Å²) in [6.07, 6.45) is 0. The van der Waals surface area contributed by atoms with Crippen LogP contribution < -0.4 is 10.6 Å². The second kappa shape index (κ2) is 7.48. The van der Waals surface area contributed by atoms with Crippen molar-refractivity contribution in [2.75, 3.05) is 32.5 Å². The third kappa shape index (κ3) is 6.05. The number of carbonyl (C=O) groups is 1. The maximum absolute atomic E-state index is 11.8. The van der Waals surface area contributed by atoms with E-state index in [-0.39, 0.29) is 11.9 Å². The molecule has 0 fully saturated rings. The van der Waals surface area contributed by atoms with Gasteiger partial charge in [0.15, 0.2) is 0 Å². The summed E-state index contributed by atoms with van der Waals surface area (Å²) in [6.45, 7) is 5.18. The fourth-order valence-electron chi connectivity index (χ4n) is 1.80. The van der Waals surface area contributed by atoms with Gasteiger partial charge in [0.25, 0.3) is 0 Å². The van der Waals surface area contributed by atoms with Gasteiger partial charge >= 0.3 is 0 Å². The zero-order chi connectivity index (χ0) is 14.4. The lowest BCUT2D eigenvalue weighted by atomic mass is 10.2. The van der Waals surface area contributed by atoms with E-state index in [4.69, 9.17) is 11.6 Å². The Kier molecular flexibility index (Phi) is 6.28. The Bertz CT molecular complexity index is 435. The topological polar surface area (TPSA) is 44.4 Å². The van der Waals surface area contributed by atoms with Gasteiger partial charge in [-0.1, -0.05) is 17.7 Å². The van der Waals surface area contributed by atoms with Crippen LogP contribution in [0.15, 0.2) is 18.2 Å². The van der Waals surface area contributed by atoms with Crippen LogP contribution in [0.4, 0.5) is 5.69 Å². The molecule has 0 spiro atoms. The fraction of sp³-hybridized carbons (Fsp3) is 0.500. The van der Waals surface area contributed by atoms with Gasteiger partial charge in [-0.2, -0.15) is 0 Å². The van der Waals surface area contributed by atoms with Crippen LogP contribution in [0.3, 0.4) is 0 Å². The number of halogens is 1. The molecule has 0 heterocycles. The first-order chi connectivity index (χ1) is 8.88. The molecule has 1 atom stereocenters. The van der Waals surface area contributed by atoms with Gasteiger partial charge in [0.05, 0.1) is 6.54 Å². The first kappa shape index (κ1) is 16.0. The van der Waals surface area contributed by atoms with Crippen molar-refractivity contribution in [2.24, 2.45) is 0 Å². The van der Waals surface area contributed by atoms with Crippen molar-refractivity contribution in [2.45, 2.75) is 19.9 Å². The summed E-state index contributed by atoms with van der Waals surface area (Å²) >= 11 is 5.91. The number of aryl methyl sites for hydroxylation is 1. The molecule has 106 valence electrons. The van der Waals surface area contributed by atoms with Crippen LogP contribution in [-0.2, 0) is 4.79 Å². The van der Waals surface area contributed by atoms with E-state index in [1.165, 1.54) is 0 Å². The van der Waals surface area contributed by atoms with E-state index in [2.05, 4.69) is 22.5 Å². The molecule has 4 nitrogen and oxygen atoms in total. The minimum Gasteiger partial charge on any atom is -0.325 e. The molecule has 19 heavy (non-hydrogen) atoms. The molecular formula is C14H22ClN3O. The smallest absolute Gasteiger partial charge is 0.238 e. The van der Waals surface area contributed by atoms with Gasteiger partial charge in [-0.15, -0.1) is 0 Å². The summed E-state index contributed by atoms with van der Waals surface area (Å²) in [5.41, 5.74) is 1.76. The van der Waals surface area contributed by atoms with Gasteiger partial charge in [-0.3, -0.25) is 4.79 Å². The molecule has 1 aromatic rings. The minimum atomic E-state index is -0.0593. The molecule has 1 unspecified atom stereocenters. The van der Waals surface area contributed by atoms with Gasteiger partial charge in [0.1, 0.15) is 0 Å². The summed E-state index contributed by atoms with van der Waals surface area (Å²) in [6, 6.07) is 5.73. The minimum absolute atomic E-state index is 0.0593. The molecule has 0 aliphatic heterocycles. The van der Waals surface area contributed by atoms with Crippen LogP contribution in [0, 0.1) is 6.92 Å². The quantitative estimate of drug-likeness (QED) is 0.841. The van der Waals surface area contributed by atoms with Crippen molar-refractivity contribution >= 4 is 23.2 Å². The number of rotatable bonds is 6. The molecule has 1 rings (SSSR count). The SMILES string of the molecule is Cc1ccc(Cl)cc1NC(=O)CNC(C)CN(C)C. The zero-order valence-corrected chi connectivity index (χ0v) is 12.7. The Hall–Kier alpha value is -1.10. The van der Waals surface area contributed by atoms with Crippen molar-refractivity contribution in [3.63, 3.8) is 0 Å². The average Bonchev–Trinajstić information content (AvgIpc) is 2.30. The summed E-state index contributed by atoms with van der Waals surface area (Å²) in [7, 11) is 4.02. The maximum atomic E-state index is 11.8. The predicted octanol–water partition coefficient (Wildman–Crippen LogP) is 2.13. The number of anilines is 1. The summed E-state index contributed by atoms with van der Waals surface area (Å²) in [5.74, 6) is -0.0593. The lowest BCUT2D eigenvalue weighted by molar-refractivity contribution is -0.115. The van der Waals surface area contributed by atoms with Gasteiger partial charge in [0, 0.05) is 23.3 Å². The Morgan fingerprint density at radius 2 is 2.11 bits per heavy atom. The monoisotopic (exact) mass is 283 g/mol. The highest BCUT2D eigenvalue weighted by atomic mass is 35.5. The highest BCUT2D eigenvalue weighted by Gasteiger charge is 2.08. The first-order valence-corrected chi connectivity index (χ1v) is 6.70. The first-order valence-electron chi connectivity index (χ1n) is 6.32. The zero-order valence-electron chi connectivity index (χ0n) is 12.0. The Labute approximate surface area is 120 Å². The lowest BCUT2D eigenvalue weighted by Crippen LogP contribution is -2.40. The molecule has 0 aliphatic rings. The van der Waals surface area contributed by atoms with Crippen LogP contribution >= 0.6 is 11.6 Å². The van der Waals surface area contributed by atoms with E-state index < -0.39 is 0 Å². The molecule has 5 heteroatoms. The van der Waals surface area contributed by atoms with E-state index in [0.717, 1.165) is 17.8 Å². The summed E-state index contributed by atoms with van der Waals surface area (Å²) in [4.78, 5) is 13.9. The molecule has 1 aromatic carbocycles. The van der Waals surface area contributed by atoms with Crippen LogP contribution in [-0.4, -0.2) is 44.0 Å². The highest BCUT2D eigenvalue weighted by molar-refractivity contribution is 6.31. The van der Waals surface area contributed by atoms with Gasteiger partial charge < -0.3 is 15.5 Å². The van der Waals surface area contributed by atoms with E-state index in [0.29, 0.717) is 11.6 Å². The number of amides is 1. The second-order valence-corrected chi connectivity index (χ2v) is 5.49. The largest absolute Gasteiger partial charge is 0.325 e. The normalized spacial score (nSPS) is 12.5. The van der Waals surface area contributed by atoms with Crippen molar-refractivity contribution in [3.05, 3.63) is 28.8 Å². The number of hydrogen-bond donors (Lipinski definition) is 2. The molecule has 0 saturated carbocycles. The van der Waals surface area contributed by atoms with Gasteiger partial charge in [-0.25, -0.2) is 0 Å². The van der Waals surface area contributed by atoms with E-state index in [1.807, 2.05) is 33.2 Å². The third-order valence-electron chi connectivity index (χ3n) is 2.72. The van der Waals surface area contributed by atoms with E-state index >= 15 is 0 Å². The Balaban J connectivity index is 2.45. The second-order valence-electron chi connectivity index (χ2n) is 5.05. The number of benzene rings is 1. The van der Waals surface area contributed by atoms with Crippen molar-refractivity contribution < 1.29 is 4.79 Å². The van der Waals surface area contributed by atoms with Crippen LogP contribution in [0.25, 0.3) is 0 Å². The predicted molar refractivity (Wildman–Crippen MR) is 80.8 cm³/mol. The maximum Gasteiger partial charge on any atom is 0.238 e. The van der Waals surface area contributed by atoms with Crippen LogP contribution in [0.5, 0.6) is 0 Å². The van der Waals surface area contributed by atoms with Crippen molar-refractivity contribution in [3.8, 4) is 0 Å². The molecule has 0 saturated heterocycles. The number of hydrogen-bond acceptors (Lipinski definition) is 3. The molecule has 0 aliphatic carbocycles. The molecule has 0 radical (unpaired) electrons. The third-order valence-corrected chi connectivity index (χ3v) is 2.96. The van der Waals surface area contributed by atoms with Gasteiger partial charge in [0.2, 0.25) is 5.91 Å². The average molecular weight is 284 g/mol. The molecule has 0 aromatic heterocycles. The lowest BCUT2D eigenvalue weighted by Gasteiger charge is -2.18. The number of carbonyl (C=O) groups excluding carboxylic acids is 1. The molecule has 2 N–H and O–H groups in total. The van der Waals surface area contributed by atoms with Crippen molar-refractivity contribution in [1.82, 2.24) is 10.2 Å². The standard InChI is InChI=1S/C14H22ClN3O/c1-10-5-6-12(15)7-13(10)17-14(19)8-16-11(2)9-18(3)4/h5-7,11,16H,8-9H2,1-4H3,(H,17,19). The highest BCUT2D eigenvalue weighted by Crippen LogP contribution is 2.19. The van der Waals surface area contributed by atoms with E-state index in [9.17, 15) is 4.79 Å². The summed E-state index contributed by atoms with van der Waals surface area (Å²) < 4.78 is 0. The van der Waals surface area contributed by atoms with Crippen molar-refractivity contribution in [1.29, 1.82) is 0 Å². The van der Waals surface area contributed by atoms with Gasteiger partial charge in [-0.05, 0) is 45.6 Å². The molecular weight excluding hydrogens is 262 g/mol. The Morgan fingerprint density at radius 3 is 2.74 bits per heavy atom.